The number of carbonyl (C=O) groups is 1. The van der Waals surface area contributed by atoms with Crippen LogP contribution < -0.4 is 15.1 Å². The van der Waals surface area contributed by atoms with Gasteiger partial charge in [-0.2, -0.15) is 0 Å². The standard InChI is InChI=1S/C19H26N6O/c1-23(2)18-15-12-14(5-6-16(15)21-13-22-18)24-8-10-25(11-9-24)17-4-3-7-20-19(17)26/h5-6,12-13,17H,3-4,7-11H2,1-2H3,(H,20,26). The Hall–Kier alpha value is -2.41. The molecule has 2 aromatic rings. The zero-order valence-corrected chi connectivity index (χ0v) is 15.5. The molecule has 1 N–H and O–H groups in total. The summed E-state index contributed by atoms with van der Waals surface area (Å²) < 4.78 is 0. The van der Waals surface area contributed by atoms with Gasteiger partial charge in [-0.1, -0.05) is 0 Å². The SMILES string of the molecule is CN(C)c1ncnc2ccc(N3CCN(C4CCCNC4=O)CC3)cc12. The first-order chi connectivity index (χ1) is 12.6. The molecule has 0 aliphatic carbocycles. The van der Waals surface area contributed by atoms with E-state index in [-0.39, 0.29) is 11.9 Å². The van der Waals surface area contributed by atoms with Crippen LogP contribution in [0.2, 0.25) is 0 Å². The third kappa shape index (κ3) is 3.19. The zero-order chi connectivity index (χ0) is 18.1. The van der Waals surface area contributed by atoms with E-state index in [0.717, 1.165) is 62.3 Å². The van der Waals surface area contributed by atoms with Gasteiger partial charge in [0.25, 0.3) is 0 Å². The Labute approximate surface area is 154 Å². The van der Waals surface area contributed by atoms with E-state index in [4.69, 9.17) is 0 Å². The monoisotopic (exact) mass is 354 g/mol. The summed E-state index contributed by atoms with van der Waals surface area (Å²) in [5, 5.41) is 4.07. The first-order valence-corrected chi connectivity index (χ1v) is 9.32. The van der Waals surface area contributed by atoms with Crippen molar-refractivity contribution in [2.45, 2.75) is 18.9 Å². The molecule has 7 heteroatoms. The number of piperidine rings is 1. The van der Waals surface area contributed by atoms with Crippen LogP contribution in [0.15, 0.2) is 24.5 Å². The van der Waals surface area contributed by atoms with Gasteiger partial charge >= 0.3 is 0 Å². The Balaban J connectivity index is 1.50. The van der Waals surface area contributed by atoms with E-state index in [9.17, 15) is 4.79 Å². The lowest BCUT2D eigenvalue weighted by Gasteiger charge is -2.40. The fourth-order valence-electron chi connectivity index (χ4n) is 3.98. The third-order valence-corrected chi connectivity index (χ3v) is 5.40. The minimum Gasteiger partial charge on any atom is -0.369 e. The Morgan fingerprint density at radius 3 is 2.69 bits per heavy atom. The number of aromatic nitrogens is 2. The van der Waals surface area contributed by atoms with Crippen molar-refractivity contribution in [2.75, 3.05) is 56.6 Å². The quantitative estimate of drug-likeness (QED) is 0.890. The lowest BCUT2D eigenvalue weighted by atomic mass is 10.0. The van der Waals surface area contributed by atoms with E-state index < -0.39 is 0 Å². The highest BCUT2D eigenvalue weighted by molar-refractivity contribution is 5.91. The topological polar surface area (TPSA) is 64.6 Å². The number of fused-ring (bicyclic) bond motifs is 1. The Morgan fingerprint density at radius 2 is 1.96 bits per heavy atom. The van der Waals surface area contributed by atoms with E-state index >= 15 is 0 Å². The van der Waals surface area contributed by atoms with Crippen molar-refractivity contribution in [3.05, 3.63) is 24.5 Å². The van der Waals surface area contributed by atoms with Gasteiger partial charge in [0, 0.05) is 57.9 Å². The minimum atomic E-state index is 0.0521. The van der Waals surface area contributed by atoms with Gasteiger partial charge in [-0.15, -0.1) is 0 Å². The molecule has 2 fully saturated rings. The van der Waals surface area contributed by atoms with Crippen LogP contribution in [0.3, 0.4) is 0 Å². The maximum atomic E-state index is 12.1. The first kappa shape index (κ1) is 17.0. The van der Waals surface area contributed by atoms with Crippen LogP contribution >= 0.6 is 0 Å². The van der Waals surface area contributed by atoms with Crippen LogP contribution in [-0.4, -0.2) is 73.6 Å². The van der Waals surface area contributed by atoms with Gasteiger partial charge in [-0.05, 0) is 31.0 Å². The number of nitrogens with zero attached hydrogens (tertiary/aromatic N) is 5. The summed E-state index contributed by atoms with van der Waals surface area (Å²) in [6.07, 6.45) is 3.67. The molecule has 4 rings (SSSR count). The van der Waals surface area contributed by atoms with Gasteiger partial charge in [0.05, 0.1) is 11.6 Å². The molecule has 1 unspecified atom stereocenters. The van der Waals surface area contributed by atoms with Crippen molar-refractivity contribution >= 4 is 28.3 Å². The summed E-state index contributed by atoms with van der Waals surface area (Å²) >= 11 is 0. The fourth-order valence-corrected chi connectivity index (χ4v) is 3.98. The molecule has 26 heavy (non-hydrogen) atoms. The second-order valence-corrected chi connectivity index (χ2v) is 7.27. The number of anilines is 2. The Kier molecular flexibility index (Phi) is 4.63. The minimum absolute atomic E-state index is 0.0521. The lowest BCUT2D eigenvalue weighted by Crippen LogP contribution is -2.56. The van der Waals surface area contributed by atoms with Crippen LogP contribution in [0, 0.1) is 0 Å². The predicted molar refractivity (Wildman–Crippen MR) is 104 cm³/mol. The molecule has 2 saturated heterocycles. The van der Waals surface area contributed by atoms with Crippen molar-refractivity contribution in [3.8, 4) is 0 Å². The van der Waals surface area contributed by atoms with Crippen molar-refractivity contribution in [1.29, 1.82) is 0 Å². The van der Waals surface area contributed by atoms with Crippen LogP contribution in [0.5, 0.6) is 0 Å². The maximum Gasteiger partial charge on any atom is 0.237 e. The second-order valence-electron chi connectivity index (χ2n) is 7.27. The number of amides is 1. The van der Waals surface area contributed by atoms with Gasteiger partial charge in [-0.25, -0.2) is 9.97 Å². The number of rotatable bonds is 3. The maximum absolute atomic E-state index is 12.1. The Morgan fingerprint density at radius 1 is 1.15 bits per heavy atom. The molecule has 0 bridgehead atoms. The van der Waals surface area contributed by atoms with Crippen molar-refractivity contribution in [1.82, 2.24) is 20.2 Å². The average molecular weight is 354 g/mol. The summed E-state index contributed by atoms with van der Waals surface area (Å²) in [6.45, 7) is 4.52. The highest BCUT2D eigenvalue weighted by atomic mass is 16.2. The van der Waals surface area contributed by atoms with E-state index in [1.807, 2.05) is 19.0 Å². The molecule has 1 atom stereocenters. The van der Waals surface area contributed by atoms with Crippen LogP contribution in [-0.2, 0) is 4.79 Å². The summed E-state index contributed by atoms with van der Waals surface area (Å²) in [6, 6.07) is 6.45. The number of carbonyl (C=O) groups excluding carboxylic acids is 1. The second kappa shape index (κ2) is 7.07. The lowest BCUT2D eigenvalue weighted by molar-refractivity contribution is -0.128. The zero-order valence-electron chi connectivity index (χ0n) is 15.5. The molecule has 2 aliphatic rings. The van der Waals surface area contributed by atoms with Crippen LogP contribution in [0.25, 0.3) is 10.9 Å². The molecule has 1 amide bonds. The summed E-state index contributed by atoms with van der Waals surface area (Å²) in [5.41, 5.74) is 2.16. The molecule has 0 spiro atoms. The van der Waals surface area contributed by atoms with Gasteiger partial charge in [0.2, 0.25) is 5.91 Å². The number of nitrogens with one attached hydrogen (secondary N) is 1. The molecule has 7 nitrogen and oxygen atoms in total. The van der Waals surface area contributed by atoms with Crippen molar-refractivity contribution < 1.29 is 4.79 Å². The van der Waals surface area contributed by atoms with Crippen LogP contribution in [0.4, 0.5) is 11.5 Å². The highest BCUT2D eigenvalue weighted by Crippen LogP contribution is 2.27. The third-order valence-electron chi connectivity index (χ3n) is 5.40. The summed E-state index contributed by atoms with van der Waals surface area (Å²) in [7, 11) is 4.00. The smallest absolute Gasteiger partial charge is 0.237 e. The number of benzene rings is 1. The highest BCUT2D eigenvalue weighted by Gasteiger charge is 2.30. The molecule has 1 aromatic carbocycles. The molecule has 0 radical (unpaired) electrons. The average Bonchev–Trinajstić information content (AvgIpc) is 2.67. The molecular formula is C19H26N6O. The van der Waals surface area contributed by atoms with Crippen molar-refractivity contribution in [2.24, 2.45) is 0 Å². The van der Waals surface area contributed by atoms with Crippen molar-refractivity contribution in [3.63, 3.8) is 0 Å². The Bertz CT molecular complexity index is 800. The van der Waals surface area contributed by atoms with Crippen LogP contribution in [0.1, 0.15) is 12.8 Å². The van der Waals surface area contributed by atoms with E-state index in [1.54, 1.807) is 6.33 Å². The van der Waals surface area contributed by atoms with Gasteiger partial charge in [-0.3, -0.25) is 9.69 Å². The van der Waals surface area contributed by atoms with Gasteiger partial charge in [0.1, 0.15) is 12.1 Å². The fraction of sp³-hybridized carbons (Fsp3) is 0.526. The van der Waals surface area contributed by atoms with E-state index in [0.29, 0.717) is 0 Å². The molecule has 2 aliphatic heterocycles. The summed E-state index contributed by atoms with van der Waals surface area (Å²) in [5.74, 6) is 1.14. The molecule has 1 aromatic heterocycles. The molecule has 138 valence electrons. The molecule has 0 saturated carbocycles. The van der Waals surface area contributed by atoms with E-state index in [1.165, 1.54) is 5.69 Å². The first-order valence-electron chi connectivity index (χ1n) is 9.32. The predicted octanol–water partition coefficient (Wildman–Crippen LogP) is 1.10. The number of piperazine rings is 1. The largest absolute Gasteiger partial charge is 0.369 e. The van der Waals surface area contributed by atoms with E-state index in [2.05, 4.69) is 43.3 Å². The van der Waals surface area contributed by atoms with Gasteiger partial charge < -0.3 is 15.1 Å². The number of hydrogen-bond donors (Lipinski definition) is 1. The van der Waals surface area contributed by atoms with Gasteiger partial charge in [0.15, 0.2) is 0 Å². The molecule has 3 heterocycles. The summed E-state index contributed by atoms with van der Waals surface area (Å²) in [4.78, 5) is 27.7. The molecular weight excluding hydrogens is 328 g/mol. The normalized spacial score (nSPS) is 21.7. The number of hydrogen-bond acceptors (Lipinski definition) is 6.